The normalized spacial score (nSPS) is 12.0. The lowest BCUT2D eigenvalue weighted by molar-refractivity contribution is 0.219. The second-order valence-corrected chi connectivity index (χ2v) is 5.94. The molecule has 0 aliphatic heterocycles. The molecule has 0 saturated carbocycles. The van der Waals surface area contributed by atoms with E-state index in [4.69, 9.17) is 26.8 Å². The molecule has 1 atom stereocenters. The van der Waals surface area contributed by atoms with Crippen molar-refractivity contribution in [3.63, 3.8) is 0 Å². The molecule has 2 N–H and O–H groups in total. The summed E-state index contributed by atoms with van der Waals surface area (Å²) in [6.07, 6.45) is 0. The van der Waals surface area contributed by atoms with Crippen LogP contribution in [0.5, 0.6) is 11.5 Å². The van der Waals surface area contributed by atoms with Crippen LogP contribution in [0.3, 0.4) is 0 Å². The van der Waals surface area contributed by atoms with E-state index in [-0.39, 0.29) is 6.04 Å². The number of aryl methyl sites for hydroxylation is 3. The highest BCUT2D eigenvalue weighted by molar-refractivity contribution is 6.32. The number of hydrogen-bond acceptors (Lipinski definition) is 3. The molecule has 0 saturated heterocycles. The van der Waals surface area contributed by atoms with Crippen LogP contribution in [-0.4, -0.2) is 19.3 Å². The van der Waals surface area contributed by atoms with Gasteiger partial charge in [-0.25, -0.2) is 0 Å². The lowest BCUT2D eigenvalue weighted by Crippen LogP contribution is -2.34. The van der Waals surface area contributed by atoms with Crippen molar-refractivity contribution in [2.45, 2.75) is 26.8 Å². The number of ether oxygens (including phenoxy) is 2. The molecule has 0 aromatic heterocycles. The summed E-state index contributed by atoms with van der Waals surface area (Å²) in [6.45, 7) is 6.79. The molecule has 0 fully saturated rings. The molecule has 0 spiro atoms. The van der Waals surface area contributed by atoms with Crippen molar-refractivity contribution in [2.24, 2.45) is 5.73 Å². The SMILES string of the molecule is Cc1ccc(OCC(N)COc2c(C)cccc2C)c(Cl)c1. The summed E-state index contributed by atoms with van der Waals surface area (Å²) in [5.41, 5.74) is 9.37. The van der Waals surface area contributed by atoms with Crippen LogP contribution in [0.1, 0.15) is 16.7 Å². The molecular formula is C18H22ClNO2. The Balaban J connectivity index is 1.87. The molecule has 1 unspecified atom stereocenters. The van der Waals surface area contributed by atoms with Crippen molar-refractivity contribution in [3.8, 4) is 11.5 Å². The number of halogens is 1. The number of benzene rings is 2. The fourth-order valence-electron chi connectivity index (χ4n) is 2.19. The summed E-state index contributed by atoms with van der Waals surface area (Å²) in [5.74, 6) is 1.54. The maximum Gasteiger partial charge on any atom is 0.137 e. The molecule has 0 aliphatic rings. The average molecular weight is 320 g/mol. The van der Waals surface area contributed by atoms with Gasteiger partial charge in [-0.3, -0.25) is 0 Å². The van der Waals surface area contributed by atoms with Gasteiger partial charge in [0.25, 0.3) is 0 Å². The minimum atomic E-state index is -0.226. The van der Waals surface area contributed by atoms with Gasteiger partial charge in [0.05, 0.1) is 11.1 Å². The van der Waals surface area contributed by atoms with E-state index >= 15 is 0 Å². The molecule has 2 rings (SSSR count). The van der Waals surface area contributed by atoms with Gasteiger partial charge in [-0.05, 0) is 49.6 Å². The van der Waals surface area contributed by atoms with E-state index in [9.17, 15) is 0 Å². The smallest absolute Gasteiger partial charge is 0.137 e. The Morgan fingerprint density at radius 2 is 1.64 bits per heavy atom. The Morgan fingerprint density at radius 1 is 1.00 bits per heavy atom. The van der Waals surface area contributed by atoms with Crippen LogP contribution in [0.2, 0.25) is 5.02 Å². The minimum absolute atomic E-state index is 0.226. The van der Waals surface area contributed by atoms with Crippen molar-refractivity contribution < 1.29 is 9.47 Å². The van der Waals surface area contributed by atoms with Crippen LogP contribution in [0.25, 0.3) is 0 Å². The number of nitrogens with two attached hydrogens (primary N) is 1. The van der Waals surface area contributed by atoms with Crippen molar-refractivity contribution in [2.75, 3.05) is 13.2 Å². The van der Waals surface area contributed by atoms with Crippen LogP contribution >= 0.6 is 11.6 Å². The predicted molar refractivity (Wildman–Crippen MR) is 91.1 cm³/mol. The summed E-state index contributed by atoms with van der Waals surface area (Å²) >= 11 is 6.13. The van der Waals surface area contributed by atoms with E-state index in [1.54, 1.807) is 0 Å². The number of hydrogen-bond donors (Lipinski definition) is 1. The summed E-state index contributed by atoms with van der Waals surface area (Å²) in [4.78, 5) is 0. The molecule has 0 radical (unpaired) electrons. The monoisotopic (exact) mass is 319 g/mol. The van der Waals surface area contributed by atoms with Crippen molar-refractivity contribution in [1.29, 1.82) is 0 Å². The first-order valence-electron chi connectivity index (χ1n) is 7.31. The maximum atomic E-state index is 6.13. The third-order valence-corrected chi connectivity index (χ3v) is 3.69. The van der Waals surface area contributed by atoms with E-state index in [0.717, 1.165) is 22.4 Å². The van der Waals surface area contributed by atoms with Crippen LogP contribution in [0.4, 0.5) is 0 Å². The quantitative estimate of drug-likeness (QED) is 0.873. The Hall–Kier alpha value is -1.71. The standard InChI is InChI=1S/C18H22ClNO2/c1-12-7-8-17(16(19)9-12)21-10-15(20)11-22-18-13(2)5-4-6-14(18)3/h4-9,15H,10-11,20H2,1-3H3. The first-order valence-corrected chi connectivity index (χ1v) is 7.68. The van der Waals surface area contributed by atoms with E-state index in [2.05, 4.69) is 0 Å². The third-order valence-electron chi connectivity index (χ3n) is 3.39. The molecule has 2 aromatic rings. The zero-order valence-corrected chi connectivity index (χ0v) is 14.0. The average Bonchev–Trinajstić information content (AvgIpc) is 2.46. The fraction of sp³-hybridized carbons (Fsp3) is 0.333. The Kier molecular flexibility index (Phi) is 5.69. The van der Waals surface area contributed by atoms with Crippen molar-refractivity contribution in [3.05, 3.63) is 58.1 Å². The van der Waals surface area contributed by atoms with Crippen molar-refractivity contribution in [1.82, 2.24) is 0 Å². The van der Waals surface area contributed by atoms with Gasteiger partial charge < -0.3 is 15.2 Å². The van der Waals surface area contributed by atoms with Crippen LogP contribution < -0.4 is 15.2 Å². The van der Waals surface area contributed by atoms with Crippen LogP contribution in [0, 0.1) is 20.8 Å². The molecule has 2 aromatic carbocycles. The highest BCUT2D eigenvalue weighted by atomic mass is 35.5. The Labute approximate surface area is 137 Å². The Bertz CT molecular complexity index is 623. The molecule has 3 nitrogen and oxygen atoms in total. The highest BCUT2D eigenvalue weighted by Crippen LogP contribution is 2.25. The number of para-hydroxylation sites is 1. The zero-order valence-electron chi connectivity index (χ0n) is 13.2. The predicted octanol–water partition coefficient (Wildman–Crippen LogP) is 4.05. The summed E-state index contributed by atoms with van der Waals surface area (Å²) in [5, 5.41) is 0.600. The lowest BCUT2D eigenvalue weighted by atomic mass is 10.1. The molecule has 0 bridgehead atoms. The zero-order chi connectivity index (χ0) is 16.1. The largest absolute Gasteiger partial charge is 0.491 e. The molecule has 0 aliphatic carbocycles. The molecule has 0 heterocycles. The molecular weight excluding hydrogens is 298 g/mol. The second kappa shape index (κ2) is 7.52. The number of rotatable bonds is 6. The van der Waals surface area contributed by atoms with Crippen molar-refractivity contribution >= 4 is 11.6 Å². The van der Waals surface area contributed by atoms with Gasteiger partial charge >= 0.3 is 0 Å². The van der Waals surface area contributed by atoms with Gasteiger partial charge in [-0.15, -0.1) is 0 Å². The highest BCUT2D eigenvalue weighted by Gasteiger charge is 2.09. The van der Waals surface area contributed by atoms with E-state index < -0.39 is 0 Å². The summed E-state index contributed by atoms with van der Waals surface area (Å²) in [7, 11) is 0. The second-order valence-electron chi connectivity index (χ2n) is 5.54. The van der Waals surface area contributed by atoms with Crippen LogP contribution in [0.15, 0.2) is 36.4 Å². The van der Waals surface area contributed by atoms with Gasteiger partial charge in [-0.2, -0.15) is 0 Å². The van der Waals surface area contributed by atoms with Gasteiger partial charge in [-0.1, -0.05) is 35.9 Å². The first kappa shape index (κ1) is 16.7. The van der Waals surface area contributed by atoms with Gasteiger partial charge in [0, 0.05) is 0 Å². The van der Waals surface area contributed by atoms with Gasteiger partial charge in [0.15, 0.2) is 0 Å². The lowest BCUT2D eigenvalue weighted by Gasteiger charge is -2.17. The van der Waals surface area contributed by atoms with E-state index in [1.807, 2.05) is 57.2 Å². The molecule has 118 valence electrons. The molecule has 22 heavy (non-hydrogen) atoms. The first-order chi connectivity index (χ1) is 10.5. The van der Waals surface area contributed by atoms with Gasteiger partial charge in [0.1, 0.15) is 24.7 Å². The topological polar surface area (TPSA) is 44.5 Å². The van der Waals surface area contributed by atoms with Crippen LogP contribution in [-0.2, 0) is 0 Å². The summed E-state index contributed by atoms with van der Waals surface area (Å²) < 4.78 is 11.5. The van der Waals surface area contributed by atoms with E-state index in [1.165, 1.54) is 0 Å². The van der Waals surface area contributed by atoms with E-state index in [0.29, 0.717) is 24.0 Å². The minimum Gasteiger partial charge on any atom is -0.491 e. The molecule has 4 heteroatoms. The molecule has 0 amide bonds. The van der Waals surface area contributed by atoms with Gasteiger partial charge in [0.2, 0.25) is 0 Å². The third kappa shape index (κ3) is 4.39. The fourth-order valence-corrected chi connectivity index (χ4v) is 2.47. The summed E-state index contributed by atoms with van der Waals surface area (Å²) in [6, 6.07) is 11.5. The maximum absolute atomic E-state index is 6.13. The Morgan fingerprint density at radius 3 is 2.27 bits per heavy atom.